The van der Waals surface area contributed by atoms with Crippen LogP contribution in [0.2, 0.25) is 0 Å². The molecule has 0 saturated carbocycles. The lowest BCUT2D eigenvalue weighted by molar-refractivity contribution is 0.0729. The number of nitrogens with one attached hydrogen (secondary N) is 1. The lowest BCUT2D eigenvalue weighted by Crippen LogP contribution is -2.36. The van der Waals surface area contributed by atoms with Crippen LogP contribution in [0.15, 0.2) is 66.9 Å². The first-order valence-electron chi connectivity index (χ1n) is 9.41. The fraction of sp³-hybridized carbons (Fsp3) is 0.217. The molecule has 0 fully saturated rings. The summed E-state index contributed by atoms with van der Waals surface area (Å²) in [6, 6.07) is 20.4. The van der Waals surface area contributed by atoms with E-state index in [1.807, 2.05) is 23.1 Å². The molecule has 0 atom stereocenters. The van der Waals surface area contributed by atoms with Crippen molar-refractivity contribution in [1.82, 2.24) is 9.88 Å². The monoisotopic (exact) mass is 357 g/mol. The second-order valence-electron chi connectivity index (χ2n) is 6.85. The second kappa shape index (κ2) is 7.62. The number of anilines is 2. The van der Waals surface area contributed by atoms with Crippen LogP contribution < -0.4 is 5.32 Å². The smallest absolute Gasteiger partial charge is 0.272 e. The van der Waals surface area contributed by atoms with Crippen LogP contribution >= 0.6 is 0 Å². The van der Waals surface area contributed by atoms with Crippen LogP contribution in [0.3, 0.4) is 0 Å². The Labute approximate surface area is 159 Å². The fourth-order valence-corrected chi connectivity index (χ4v) is 3.45. The number of rotatable bonds is 4. The van der Waals surface area contributed by atoms with Crippen LogP contribution in [-0.4, -0.2) is 22.3 Å². The topological polar surface area (TPSA) is 45.2 Å². The van der Waals surface area contributed by atoms with E-state index in [0.717, 1.165) is 30.8 Å². The Morgan fingerprint density at radius 1 is 1.04 bits per heavy atom. The minimum Gasteiger partial charge on any atom is -0.355 e. The first-order chi connectivity index (χ1) is 13.2. The van der Waals surface area contributed by atoms with Crippen molar-refractivity contribution in [2.75, 3.05) is 11.9 Å². The third kappa shape index (κ3) is 3.85. The minimum atomic E-state index is -0.0190. The molecule has 2 aromatic carbocycles. The van der Waals surface area contributed by atoms with Gasteiger partial charge in [-0.25, -0.2) is 0 Å². The van der Waals surface area contributed by atoms with Crippen LogP contribution in [0.5, 0.6) is 0 Å². The van der Waals surface area contributed by atoms with Crippen molar-refractivity contribution < 1.29 is 4.79 Å². The zero-order valence-corrected chi connectivity index (χ0v) is 15.5. The molecule has 136 valence electrons. The summed E-state index contributed by atoms with van der Waals surface area (Å²) in [6.45, 7) is 3.52. The van der Waals surface area contributed by atoms with Crippen molar-refractivity contribution >= 4 is 17.3 Å². The van der Waals surface area contributed by atoms with E-state index in [9.17, 15) is 4.79 Å². The third-order valence-corrected chi connectivity index (χ3v) is 5.05. The van der Waals surface area contributed by atoms with Gasteiger partial charge in [0.05, 0.1) is 0 Å². The molecule has 1 aliphatic heterocycles. The highest BCUT2D eigenvalue weighted by molar-refractivity contribution is 5.93. The van der Waals surface area contributed by atoms with Crippen LogP contribution in [0.25, 0.3) is 0 Å². The number of hydrogen-bond acceptors (Lipinski definition) is 3. The molecule has 0 saturated heterocycles. The predicted molar refractivity (Wildman–Crippen MR) is 108 cm³/mol. The maximum Gasteiger partial charge on any atom is 0.272 e. The lowest BCUT2D eigenvalue weighted by Gasteiger charge is -2.28. The van der Waals surface area contributed by atoms with E-state index in [1.165, 1.54) is 16.7 Å². The van der Waals surface area contributed by atoms with Gasteiger partial charge in [-0.3, -0.25) is 9.78 Å². The summed E-state index contributed by atoms with van der Waals surface area (Å²) in [4.78, 5) is 19.1. The van der Waals surface area contributed by atoms with Gasteiger partial charge in [0.1, 0.15) is 5.69 Å². The summed E-state index contributed by atoms with van der Waals surface area (Å²) in [5.41, 5.74) is 6.21. The Balaban J connectivity index is 1.49. The zero-order chi connectivity index (χ0) is 18.6. The Hall–Kier alpha value is -3.14. The normalized spacial score (nSPS) is 13.1. The molecule has 0 unspecified atom stereocenters. The number of amides is 1. The molecule has 4 heteroatoms. The summed E-state index contributed by atoms with van der Waals surface area (Å²) in [6.07, 6.45) is 3.60. The molecule has 1 aromatic heterocycles. The van der Waals surface area contributed by atoms with Gasteiger partial charge in [-0.05, 0) is 53.8 Å². The molecule has 1 amide bonds. The van der Waals surface area contributed by atoms with Gasteiger partial charge in [0.25, 0.3) is 5.91 Å². The molecule has 2 heterocycles. The van der Waals surface area contributed by atoms with E-state index < -0.39 is 0 Å². The first-order valence-corrected chi connectivity index (χ1v) is 9.41. The largest absolute Gasteiger partial charge is 0.355 e. The molecule has 0 bridgehead atoms. The Kier molecular flexibility index (Phi) is 4.88. The minimum absolute atomic E-state index is 0.0190. The summed E-state index contributed by atoms with van der Waals surface area (Å²) in [5.74, 6) is -0.0190. The highest BCUT2D eigenvalue weighted by atomic mass is 16.2. The Bertz CT molecular complexity index is 950. The molecule has 4 rings (SSSR count). The zero-order valence-electron chi connectivity index (χ0n) is 15.5. The summed E-state index contributed by atoms with van der Waals surface area (Å²) >= 11 is 0. The summed E-state index contributed by atoms with van der Waals surface area (Å²) in [7, 11) is 0. The van der Waals surface area contributed by atoms with Gasteiger partial charge in [-0.15, -0.1) is 0 Å². The van der Waals surface area contributed by atoms with Gasteiger partial charge in [0.2, 0.25) is 0 Å². The molecular weight excluding hydrogens is 334 g/mol. The van der Waals surface area contributed by atoms with E-state index in [4.69, 9.17) is 0 Å². The van der Waals surface area contributed by atoms with Gasteiger partial charge in [0.15, 0.2) is 0 Å². The number of fused-ring (bicyclic) bond motifs is 1. The number of benzene rings is 2. The molecule has 4 nitrogen and oxygen atoms in total. The molecular formula is C23H23N3O. The number of nitrogens with zero attached hydrogens (tertiary/aromatic N) is 2. The van der Waals surface area contributed by atoms with Crippen LogP contribution in [0, 0.1) is 0 Å². The quantitative estimate of drug-likeness (QED) is 0.743. The fourth-order valence-electron chi connectivity index (χ4n) is 3.45. The van der Waals surface area contributed by atoms with Gasteiger partial charge < -0.3 is 10.2 Å². The average molecular weight is 357 g/mol. The standard InChI is InChI=1S/C23H23N3O/c1-2-17-7-9-20(10-8-17)25-21-11-13-24-22(15-21)23(27)26-14-12-18-5-3-4-6-19(18)16-26/h3-11,13,15H,2,12,14,16H2,1H3,(H,24,25). The maximum atomic E-state index is 12.9. The predicted octanol–water partition coefficient (Wildman–Crippen LogP) is 4.59. The molecule has 3 aromatic rings. The first kappa shape index (κ1) is 17.3. The molecule has 1 aliphatic rings. The summed E-state index contributed by atoms with van der Waals surface area (Å²) < 4.78 is 0. The van der Waals surface area contributed by atoms with E-state index in [-0.39, 0.29) is 5.91 Å². The lowest BCUT2D eigenvalue weighted by atomic mass is 10.00. The number of carbonyl (C=O) groups is 1. The van der Waals surface area contributed by atoms with Crippen molar-refractivity contribution in [3.8, 4) is 0 Å². The Morgan fingerprint density at radius 3 is 2.59 bits per heavy atom. The number of hydrogen-bond donors (Lipinski definition) is 1. The highest BCUT2D eigenvalue weighted by Crippen LogP contribution is 2.22. The number of carbonyl (C=O) groups excluding carboxylic acids is 1. The van der Waals surface area contributed by atoms with Gasteiger partial charge in [-0.2, -0.15) is 0 Å². The van der Waals surface area contributed by atoms with Gasteiger partial charge in [-0.1, -0.05) is 43.3 Å². The second-order valence-corrected chi connectivity index (χ2v) is 6.85. The summed E-state index contributed by atoms with van der Waals surface area (Å²) in [5, 5.41) is 3.36. The highest BCUT2D eigenvalue weighted by Gasteiger charge is 2.22. The van der Waals surface area contributed by atoms with Crippen molar-refractivity contribution in [3.05, 3.63) is 89.2 Å². The molecule has 27 heavy (non-hydrogen) atoms. The van der Waals surface area contributed by atoms with Crippen molar-refractivity contribution in [1.29, 1.82) is 0 Å². The van der Waals surface area contributed by atoms with Crippen LogP contribution in [0.1, 0.15) is 34.1 Å². The van der Waals surface area contributed by atoms with Crippen molar-refractivity contribution in [2.24, 2.45) is 0 Å². The van der Waals surface area contributed by atoms with E-state index in [0.29, 0.717) is 12.2 Å². The van der Waals surface area contributed by atoms with E-state index in [2.05, 4.69) is 59.7 Å². The molecule has 0 aliphatic carbocycles. The van der Waals surface area contributed by atoms with Crippen LogP contribution in [-0.2, 0) is 19.4 Å². The van der Waals surface area contributed by atoms with Crippen LogP contribution in [0.4, 0.5) is 11.4 Å². The molecule has 1 N–H and O–H groups in total. The van der Waals surface area contributed by atoms with Gasteiger partial charge >= 0.3 is 0 Å². The SMILES string of the molecule is CCc1ccc(Nc2ccnc(C(=O)N3CCc4ccccc4C3)c2)cc1. The maximum absolute atomic E-state index is 12.9. The molecule has 0 radical (unpaired) electrons. The third-order valence-electron chi connectivity index (χ3n) is 5.05. The Morgan fingerprint density at radius 2 is 1.81 bits per heavy atom. The van der Waals surface area contributed by atoms with Gasteiger partial charge in [0, 0.05) is 30.7 Å². The number of pyridine rings is 1. The number of aromatic nitrogens is 1. The molecule has 0 spiro atoms. The van der Waals surface area contributed by atoms with Crippen molar-refractivity contribution in [3.63, 3.8) is 0 Å². The average Bonchev–Trinajstić information content (AvgIpc) is 2.73. The van der Waals surface area contributed by atoms with Crippen molar-refractivity contribution in [2.45, 2.75) is 26.3 Å². The number of aryl methyl sites for hydroxylation is 1. The van der Waals surface area contributed by atoms with E-state index in [1.54, 1.807) is 6.20 Å². The van der Waals surface area contributed by atoms with E-state index >= 15 is 0 Å².